The number of anilines is 2. The van der Waals surface area contributed by atoms with E-state index in [1.165, 1.54) is 31.5 Å². The van der Waals surface area contributed by atoms with Gasteiger partial charge in [0.05, 0.1) is 5.69 Å². The summed E-state index contributed by atoms with van der Waals surface area (Å²) < 4.78 is 1.15. The highest BCUT2D eigenvalue weighted by Gasteiger charge is 2.16. The van der Waals surface area contributed by atoms with Crippen LogP contribution in [-0.4, -0.2) is 33.5 Å². The molecular weight excluding hydrogens is 358 g/mol. The molecule has 1 fully saturated rings. The molecule has 0 spiro atoms. The van der Waals surface area contributed by atoms with Gasteiger partial charge in [-0.25, -0.2) is 4.79 Å². The van der Waals surface area contributed by atoms with Crippen LogP contribution in [0.5, 0.6) is 0 Å². The van der Waals surface area contributed by atoms with Crippen molar-refractivity contribution in [1.29, 1.82) is 0 Å². The van der Waals surface area contributed by atoms with Crippen LogP contribution in [0.1, 0.15) is 19.3 Å². The number of hydrogen-bond acceptors (Lipinski definition) is 5. The molecule has 1 aliphatic rings. The Bertz CT molecular complexity index is 1130. The number of pyridine rings is 1. The summed E-state index contributed by atoms with van der Waals surface area (Å²) in [6.07, 6.45) is 8.41. The molecule has 0 unspecified atom stereocenters. The molecule has 28 heavy (non-hydrogen) atoms. The number of aromatic nitrogens is 3. The van der Waals surface area contributed by atoms with Crippen LogP contribution in [0.15, 0.2) is 52.4 Å². The second kappa shape index (κ2) is 7.67. The number of fused-ring (bicyclic) bond motifs is 1. The molecule has 2 aromatic heterocycles. The molecule has 0 saturated carbocycles. The summed E-state index contributed by atoms with van der Waals surface area (Å²) in [5.41, 5.74) is 0.680. The van der Waals surface area contributed by atoms with Crippen LogP contribution in [0.2, 0.25) is 0 Å². The van der Waals surface area contributed by atoms with E-state index in [1.807, 2.05) is 18.2 Å². The molecule has 4 rings (SSSR count). The SMILES string of the molecule is O=C(Cn1ccc(=O)[nH]c1=O)Nc1ccc(N2CCCCC2)c2ccncc12. The van der Waals surface area contributed by atoms with Crippen LogP contribution in [0.25, 0.3) is 10.8 Å². The third kappa shape index (κ3) is 3.66. The Labute approximate surface area is 160 Å². The molecule has 0 atom stereocenters. The smallest absolute Gasteiger partial charge is 0.328 e. The largest absolute Gasteiger partial charge is 0.371 e. The molecule has 1 amide bonds. The van der Waals surface area contributed by atoms with Crippen LogP contribution >= 0.6 is 0 Å². The Morgan fingerprint density at radius 1 is 1.07 bits per heavy atom. The van der Waals surface area contributed by atoms with Crippen molar-refractivity contribution in [1.82, 2.24) is 14.5 Å². The zero-order valence-corrected chi connectivity index (χ0v) is 15.4. The minimum atomic E-state index is -0.616. The number of nitrogens with zero attached hydrogens (tertiary/aromatic N) is 3. The molecule has 0 bridgehead atoms. The lowest BCUT2D eigenvalue weighted by atomic mass is 10.1. The van der Waals surface area contributed by atoms with E-state index in [0.717, 1.165) is 34.1 Å². The number of carbonyl (C=O) groups is 1. The minimum absolute atomic E-state index is 0.189. The second-order valence-corrected chi connectivity index (χ2v) is 6.89. The Morgan fingerprint density at radius 2 is 1.89 bits per heavy atom. The summed E-state index contributed by atoms with van der Waals surface area (Å²) in [6, 6.07) is 7.07. The molecule has 0 aliphatic carbocycles. The zero-order chi connectivity index (χ0) is 19.5. The van der Waals surface area contributed by atoms with Gasteiger partial charge in [0.1, 0.15) is 6.54 Å². The van der Waals surface area contributed by atoms with E-state index in [4.69, 9.17) is 0 Å². The quantitative estimate of drug-likeness (QED) is 0.719. The molecule has 2 N–H and O–H groups in total. The normalized spacial score (nSPS) is 14.2. The lowest BCUT2D eigenvalue weighted by molar-refractivity contribution is -0.116. The van der Waals surface area contributed by atoms with Gasteiger partial charge in [-0.15, -0.1) is 0 Å². The van der Waals surface area contributed by atoms with E-state index in [9.17, 15) is 14.4 Å². The van der Waals surface area contributed by atoms with E-state index < -0.39 is 11.2 Å². The van der Waals surface area contributed by atoms with Crippen molar-refractivity contribution < 1.29 is 4.79 Å². The first-order chi connectivity index (χ1) is 13.6. The number of benzene rings is 1. The number of amides is 1. The van der Waals surface area contributed by atoms with Gasteiger partial charge >= 0.3 is 5.69 Å². The predicted octanol–water partition coefficient (Wildman–Crippen LogP) is 1.71. The monoisotopic (exact) mass is 379 g/mol. The molecule has 1 saturated heterocycles. The van der Waals surface area contributed by atoms with Crippen molar-refractivity contribution in [3.63, 3.8) is 0 Å². The lowest BCUT2D eigenvalue weighted by Crippen LogP contribution is -2.32. The van der Waals surface area contributed by atoms with Crippen molar-refractivity contribution in [2.75, 3.05) is 23.3 Å². The van der Waals surface area contributed by atoms with Crippen molar-refractivity contribution in [3.8, 4) is 0 Å². The van der Waals surface area contributed by atoms with Gasteiger partial charge in [0, 0.05) is 54.2 Å². The Hall–Kier alpha value is -3.42. The van der Waals surface area contributed by atoms with E-state index in [0.29, 0.717) is 5.69 Å². The topological polar surface area (TPSA) is 100 Å². The van der Waals surface area contributed by atoms with Crippen molar-refractivity contribution in [3.05, 3.63) is 63.7 Å². The van der Waals surface area contributed by atoms with Crippen LogP contribution in [0, 0.1) is 0 Å². The number of hydrogen-bond donors (Lipinski definition) is 2. The number of carbonyl (C=O) groups excluding carboxylic acids is 1. The van der Waals surface area contributed by atoms with E-state index in [2.05, 4.69) is 20.2 Å². The highest BCUT2D eigenvalue weighted by molar-refractivity contribution is 6.06. The molecule has 3 aromatic rings. The van der Waals surface area contributed by atoms with Crippen LogP contribution < -0.4 is 21.5 Å². The third-order valence-corrected chi connectivity index (χ3v) is 4.98. The number of H-pyrrole nitrogens is 1. The van der Waals surface area contributed by atoms with Gasteiger partial charge in [0.15, 0.2) is 0 Å². The first-order valence-corrected chi connectivity index (χ1v) is 9.33. The van der Waals surface area contributed by atoms with Gasteiger partial charge in [-0.1, -0.05) is 0 Å². The first-order valence-electron chi connectivity index (χ1n) is 9.33. The van der Waals surface area contributed by atoms with Gasteiger partial charge in [-0.2, -0.15) is 0 Å². The lowest BCUT2D eigenvalue weighted by Gasteiger charge is -2.30. The number of aromatic amines is 1. The van der Waals surface area contributed by atoms with Crippen molar-refractivity contribution >= 4 is 28.1 Å². The number of rotatable bonds is 4. The Kier molecular flexibility index (Phi) is 4.92. The fourth-order valence-corrected chi connectivity index (χ4v) is 3.61. The summed E-state index contributed by atoms with van der Waals surface area (Å²) in [4.78, 5) is 44.1. The third-order valence-electron chi connectivity index (χ3n) is 4.98. The maximum Gasteiger partial charge on any atom is 0.328 e. The molecule has 3 heterocycles. The van der Waals surface area contributed by atoms with Crippen molar-refractivity contribution in [2.45, 2.75) is 25.8 Å². The molecule has 1 aromatic carbocycles. The number of piperidine rings is 1. The molecule has 0 radical (unpaired) electrons. The number of nitrogens with one attached hydrogen (secondary N) is 2. The molecule has 8 nitrogen and oxygen atoms in total. The molecule has 144 valence electrons. The van der Waals surface area contributed by atoms with Gasteiger partial charge in [-0.05, 0) is 37.5 Å². The average molecular weight is 379 g/mol. The second-order valence-electron chi connectivity index (χ2n) is 6.89. The van der Waals surface area contributed by atoms with Crippen LogP contribution in [-0.2, 0) is 11.3 Å². The van der Waals surface area contributed by atoms with E-state index in [1.54, 1.807) is 12.4 Å². The summed E-state index contributed by atoms with van der Waals surface area (Å²) >= 11 is 0. The Balaban J connectivity index is 1.61. The average Bonchev–Trinajstić information content (AvgIpc) is 2.71. The summed E-state index contributed by atoms with van der Waals surface area (Å²) in [5.74, 6) is -0.356. The van der Waals surface area contributed by atoms with E-state index in [-0.39, 0.29) is 12.5 Å². The zero-order valence-electron chi connectivity index (χ0n) is 15.4. The van der Waals surface area contributed by atoms with Gasteiger partial charge in [0.2, 0.25) is 5.91 Å². The van der Waals surface area contributed by atoms with Crippen molar-refractivity contribution in [2.24, 2.45) is 0 Å². The molecule has 1 aliphatic heterocycles. The highest BCUT2D eigenvalue weighted by Crippen LogP contribution is 2.33. The van der Waals surface area contributed by atoms with Gasteiger partial charge in [-0.3, -0.25) is 24.1 Å². The van der Waals surface area contributed by atoms with Gasteiger partial charge < -0.3 is 10.2 Å². The molecular formula is C20H21N5O3. The Morgan fingerprint density at radius 3 is 2.68 bits per heavy atom. The maximum absolute atomic E-state index is 12.5. The van der Waals surface area contributed by atoms with Crippen LogP contribution in [0.4, 0.5) is 11.4 Å². The molecule has 8 heteroatoms. The summed E-state index contributed by atoms with van der Waals surface area (Å²) in [6.45, 7) is 1.86. The summed E-state index contributed by atoms with van der Waals surface area (Å²) in [5, 5.41) is 4.75. The first kappa shape index (κ1) is 18.0. The van der Waals surface area contributed by atoms with E-state index >= 15 is 0 Å². The van der Waals surface area contributed by atoms with Gasteiger partial charge in [0.25, 0.3) is 5.56 Å². The van der Waals surface area contributed by atoms with Crippen LogP contribution in [0.3, 0.4) is 0 Å². The fraction of sp³-hybridized carbons (Fsp3) is 0.300. The highest BCUT2D eigenvalue weighted by atomic mass is 16.2. The minimum Gasteiger partial charge on any atom is -0.371 e. The fourth-order valence-electron chi connectivity index (χ4n) is 3.61. The summed E-state index contributed by atoms with van der Waals surface area (Å²) in [7, 11) is 0. The predicted molar refractivity (Wildman–Crippen MR) is 108 cm³/mol. The standard InChI is InChI=1S/C20H21N5O3/c26-18-7-11-25(20(28)23-18)13-19(27)22-16-4-5-17(24-9-2-1-3-10-24)14-6-8-21-12-15(14)16/h4-8,11-12H,1-3,9-10,13H2,(H,22,27)(H,23,26,28). The maximum atomic E-state index is 12.5.